The highest BCUT2D eigenvalue weighted by molar-refractivity contribution is 5.75. The lowest BCUT2D eigenvalue weighted by atomic mass is 9.83. The third kappa shape index (κ3) is 3.13. The zero-order valence-corrected chi connectivity index (χ0v) is 13.3. The van der Waals surface area contributed by atoms with Gasteiger partial charge in [0.05, 0.1) is 11.0 Å². The molecule has 1 fully saturated rings. The van der Waals surface area contributed by atoms with Crippen molar-refractivity contribution in [3.63, 3.8) is 0 Å². The first-order chi connectivity index (χ1) is 10.3. The van der Waals surface area contributed by atoms with Gasteiger partial charge in [0, 0.05) is 19.1 Å². The van der Waals surface area contributed by atoms with E-state index in [0.717, 1.165) is 36.4 Å². The molecular formula is C18H27N3. The average Bonchev–Trinajstić information content (AvgIpc) is 2.84. The second kappa shape index (κ2) is 6.61. The van der Waals surface area contributed by atoms with Gasteiger partial charge in [0.25, 0.3) is 0 Å². The number of benzene rings is 1. The van der Waals surface area contributed by atoms with Crippen LogP contribution < -0.4 is 5.32 Å². The van der Waals surface area contributed by atoms with Gasteiger partial charge < -0.3 is 9.88 Å². The summed E-state index contributed by atoms with van der Waals surface area (Å²) in [4.78, 5) is 4.64. The van der Waals surface area contributed by atoms with Crippen molar-refractivity contribution in [2.45, 2.75) is 58.5 Å². The Labute approximate surface area is 127 Å². The van der Waals surface area contributed by atoms with E-state index in [2.05, 4.69) is 53.0 Å². The van der Waals surface area contributed by atoms with Crippen molar-refractivity contribution in [3.05, 3.63) is 30.1 Å². The molecule has 3 rings (SSSR count). The van der Waals surface area contributed by atoms with Crippen molar-refractivity contribution in [1.82, 2.24) is 14.9 Å². The maximum atomic E-state index is 4.64. The fourth-order valence-electron chi connectivity index (χ4n) is 3.80. The average molecular weight is 285 g/mol. The van der Waals surface area contributed by atoms with Crippen molar-refractivity contribution < 1.29 is 0 Å². The standard InChI is InChI=1S/C18H27N3/c1-3-15-8-4-5-9-16(15)19-12-13-21-14(2)20-17-10-6-7-11-18(17)21/h6-7,10-11,15-16,19H,3-5,8-9,12-13H2,1-2H3. The van der Waals surface area contributed by atoms with Crippen LogP contribution in [0.5, 0.6) is 0 Å². The molecule has 1 aromatic carbocycles. The van der Waals surface area contributed by atoms with Crippen LogP contribution in [0.2, 0.25) is 0 Å². The topological polar surface area (TPSA) is 29.9 Å². The fourth-order valence-corrected chi connectivity index (χ4v) is 3.80. The second-order valence-corrected chi connectivity index (χ2v) is 6.31. The lowest BCUT2D eigenvalue weighted by Crippen LogP contribution is -2.39. The number of aryl methyl sites for hydroxylation is 1. The van der Waals surface area contributed by atoms with E-state index in [-0.39, 0.29) is 0 Å². The Hall–Kier alpha value is -1.35. The molecule has 21 heavy (non-hydrogen) atoms. The van der Waals surface area contributed by atoms with Gasteiger partial charge in [-0.15, -0.1) is 0 Å². The lowest BCUT2D eigenvalue weighted by molar-refractivity contribution is 0.254. The van der Waals surface area contributed by atoms with Crippen LogP contribution >= 0.6 is 0 Å². The van der Waals surface area contributed by atoms with Crippen LogP contribution in [0.15, 0.2) is 24.3 Å². The quantitative estimate of drug-likeness (QED) is 0.903. The number of hydrogen-bond acceptors (Lipinski definition) is 2. The van der Waals surface area contributed by atoms with Crippen molar-refractivity contribution >= 4 is 11.0 Å². The number of nitrogens with zero attached hydrogens (tertiary/aromatic N) is 2. The van der Waals surface area contributed by atoms with Gasteiger partial charge in [-0.2, -0.15) is 0 Å². The van der Waals surface area contributed by atoms with Crippen LogP contribution in [-0.2, 0) is 6.54 Å². The van der Waals surface area contributed by atoms with E-state index < -0.39 is 0 Å². The summed E-state index contributed by atoms with van der Waals surface area (Å²) in [5.41, 5.74) is 2.37. The van der Waals surface area contributed by atoms with Gasteiger partial charge in [-0.25, -0.2) is 4.98 Å². The molecule has 1 heterocycles. The monoisotopic (exact) mass is 285 g/mol. The molecule has 3 heteroatoms. The van der Waals surface area contributed by atoms with Gasteiger partial charge in [-0.05, 0) is 37.8 Å². The predicted octanol–water partition coefficient (Wildman–Crippen LogP) is 3.90. The third-order valence-electron chi connectivity index (χ3n) is 5.02. The van der Waals surface area contributed by atoms with E-state index in [0.29, 0.717) is 0 Å². The highest BCUT2D eigenvalue weighted by Gasteiger charge is 2.22. The maximum Gasteiger partial charge on any atom is 0.106 e. The van der Waals surface area contributed by atoms with Gasteiger partial charge in [0.1, 0.15) is 5.82 Å². The highest BCUT2D eigenvalue weighted by Crippen LogP contribution is 2.26. The van der Waals surface area contributed by atoms with Crippen LogP contribution in [0.25, 0.3) is 11.0 Å². The number of aromatic nitrogens is 2. The summed E-state index contributed by atoms with van der Waals surface area (Å²) in [6.45, 7) is 6.50. The van der Waals surface area contributed by atoms with Gasteiger partial charge in [-0.1, -0.05) is 38.3 Å². The zero-order chi connectivity index (χ0) is 14.7. The van der Waals surface area contributed by atoms with Gasteiger partial charge >= 0.3 is 0 Å². The minimum atomic E-state index is 0.721. The number of rotatable bonds is 5. The van der Waals surface area contributed by atoms with Crippen molar-refractivity contribution in [1.29, 1.82) is 0 Å². The number of para-hydroxylation sites is 2. The molecular weight excluding hydrogens is 258 g/mol. The van der Waals surface area contributed by atoms with Crippen LogP contribution in [0.4, 0.5) is 0 Å². The molecule has 1 N–H and O–H groups in total. The Balaban J connectivity index is 1.63. The van der Waals surface area contributed by atoms with Crippen LogP contribution in [0.3, 0.4) is 0 Å². The Bertz CT molecular complexity index is 587. The first-order valence-electron chi connectivity index (χ1n) is 8.45. The predicted molar refractivity (Wildman–Crippen MR) is 88.5 cm³/mol. The molecule has 1 aliphatic rings. The molecule has 1 saturated carbocycles. The Kier molecular flexibility index (Phi) is 4.59. The number of imidazole rings is 1. The summed E-state index contributed by atoms with van der Waals surface area (Å²) in [7, 11) is 0. The molecule has 0 aliphatic heterocycles. The molecule has 1 aromatic heterocycles. The minimum absolute atomic E-state index is 0.721. The molecule has 2 unspecified atom stereocenters. The fraction of sp³-hybridized carbons (Fsp3) is 0.611. The van der Waals surface area contributed by atoms with E-state index in [1.165, 1.54) is 37.6 Å². The van der Waals surface area contributed by atoms with Crippen molar-refractivity contribution in [3.8, 4) is 0 Å². The molecule has 0 spiro atoms. The highest BCUT2D eigenvalue weighted by atomic mass is 15.1. The molecule has 2 aromatic rings. The molecule has 0 radical (unpaired) electrons. The Morgan fingerprint density at radius 1 is 1.24 bits per heavy atom. The second-order valence-electron chi connectivity index (χ2n) is 6.31. The number of fused-ring (bicyclic) bond motifs is 1. The summed E-state index contributed by atoms with van der Waals surface area (Å²) in [6.07, 6.45) is 6.87. The largest absolute Gasteiger partial charge is 0.327 e. The lowest BCUT2D eigenvalue weighted by Gasteiger charge is -2.31. The van der Waals surface area contributed by atoms with Gasteiger partial charge in [-0.3, -0.25) is 0 Å². The van der Waals surface area contributed by atoms with E-state index in [9.17, 15) is 0 Å². The SMILES string of the molecule is CCC1CCCCC1NCCn1c(C)nc2ccccc21. The van der Waals surface area contributed by atoms with E-state index >= 15 is 0 Å². The smallest absolute Gasteiger partial charge is 0.106 e. The van der Waals surface area contributed by atoms with E-state index in [4.69, 9.17) is 0 Å². The van der Waals surface area contributed by atoms with Crippen molar-refractivity contribution in [2.24, 2.45) is 5.92 Å². The zero-order valence-electron chi connectivity index (χ0n) is 13.3. The van der Waals surface area contributed by atoms with E-state index in [1.807, 2.05) is 0 Å². The summed E-state index contributed by atoms with van der Waals surface area (Å²) >= 11 is 0. The molecule has 1 aliphatic carbocycles. The third-order valence-corrected chi connectivity index (χ3v) is 5.02. The van der Waals surface area contributed by atoms with Crippen LogP contribution in [0, 0.1) is 12.8 Å². The van der Waals surface area contributed by atoms with Crippen LogP contribution in [-0.4, -0.2) is 22.1 Å². The molecule has 0 saturated heterocycles. The Morgan fingerprint density at radius 3 is 2.90 bits per heavy atom. The molecule has 2 atom stereocenters. The van der Waals surface area contributed by atoms with Gasteiger partial charge in [0.2, 0.25) is 0 Å². The summed E-state index contributed by atoms with van der Waals surface area (Å²) < 4.78 is 2.34. The summed E-state index contributed by atoms with van der Waals surface area (Å²) in [6, 6.07) is 9.15. The normalized spacial score (nSPS) is 22.8. The van der Waals surface area contributed by atoms with E-state index in [1.54, 1.807) is 0 Å². The number of nitrogens with one attached hydrogen (secondary N) is 1. The van der Waals surface area contributed by atoms with Gasteiger partial charge in [0.15, 0.2) is 0 Å². The summed E-state index contributed by atoms with van der Waals surface area (Å²) in [5, 5.41) is 3.80. The Morgan fingerprint density at radius 2 is 2.05 bits per heavy atom. The van der Waals surface area contributed by atoms with Crippen LogP contribution in [0.1, 0.15) is 44.9 Å². The first-order valence-corrected chi connectivity index (χ1v) is 8.45. The maximum absolute atomic E-state index is 4.64. The molecule has 3 nitrogen and oxygen atoms in total. The summed E-state index contributed by atoms with van der Waals surface area (Å²) in [5.74, 6) is 1.99. The minimum Gasteiger partial charge on any atom is -0.327 e. The molecule has 0 amide bonds. The molecule has 114 valence electrons. The number of hydrogen-bond donors (Lipinski definition) is 1. The molecule has 0 bridgehead atoms. The van der Waals surface area contributed by atoms with Crippen molar-refractivity contribution in [2.75, 3.05) is 6.54 Å². The first kappa shape index (κ1) is 14.6.